The standard InChI is InChI=1S/C14H23NO2/c1-12-8-13(2)10-14(9-12)11-15(3)4-6-17-7-5-16/h8-10,16H,4-7,11H2,1-3H3. The van der Waals surface area contributed by atoms with Crippen molar-refractivity contribution in [1.29, 1.82) is 0 Å². The maximum Gasteiger partial charge on any atom is 0.0698 e. The van der Waals surface area contributed by atoms with Crippen molar-refractivity contribution in [2.45, 2.75) is 20.4 Å². The number of rotatable bonds is 7. The summed E-state index contributed by atoms with van der Waals surface area (Å²) >= 11 is 0. The molecule has 0 amide bonds. The van der Waals surface area contributed by atoms with Crippen LogP contribution in [0.3, 0.4) is 0 Å². The van der Waals surface area contributed by atoms with Gasteiger partial charge in [-0.25, -0.2) is 0 Å². The van der Waals surface area contributed by atoms with Crippen molar-refractivity contribution >= 4 is 0 Å². The average Bonchev–Trinajstić information content (AvgIpc) is 2.23. The lowest BCUT2D eigenvalue weighted by Crippen LogP contribution is -2.23. The molecule has 0 radical (unpaired) electrons. The molecule has 0 atom stereocenters. The van der Waals surface area contributed by atoms with Crippen LogP contribution in [0.1, 0.15) is 16.7 Å². The van der Waals surface area contributed by atoms with Crippen molar-refractivity contribution in [2.75, 3.05) is 33.4 Å². The molecule has 0 bridgehead atoms. The molecule has 1 N–H and O–H groups in total. The molecule has 1 aromatic carbocycles. The topological polar surface area (TPSA) is 32.7 Å². The summed E-state index contributed by atoms with van der Waals surface area (Å²) in [5.41, 5.74) is 3.96. The second kappa shape index (κ2) is 7.43. The highest BCUT2D eigenvalue weighted by Gasteiger charge is 2.01. The minimum Gasteiger partial charge on any atom is -0.394 e. The van der Waals surface area contributed by atoms with Crippen molar-refractivity contribution in [2.24, 2.45) is 0 Å². The van der Waals surface area contributed by atoms with Crippen LogP contribution in [0, 0.1) is 13.8 Å². The summed E-state index contributed by atoms with van der Waals surface area (Å²) in [7, 11) is 2.08. The van der Waals surface area contributed by atoms with Crippen LogP contribution in [-0.4, -0.2) is 43.4 Å². The van der Waals surface area contributed by atoms with Crippen molar-refractivity contribution < 1.29 is 9.84 Å². The van der Waals surface area contributed by atoms with E-state index in [-0.39, 0.29) is 6.61 Å². The van der Waals surface area contributed by atoms with Crippen LogP contribution in [0.5, 0.6) is 0 Å². The predicted octanol–water partition coefficient (Wildman–Crippen LogP) is 1.74. The molecule has 0 spiro atoms. The number of hydrogen-bond acceptors (Lipinski definition) is 3. The highest BCUT2D eigenvalue weighted by atomic mass is 16.5. The molecule has 0 aliphatic rings. The second-order valence-corrected chi connectivity index (χ2v) is 4.57. The van der Waals surface area contributed by atoms with Gasteiger partial charge in [0.2, 0.25) is 0 Å². The molecule has 0 heterocycles. The van der Waals surface area contributed by atoms with E-state index in [1.165, 1.54) is 16.7 Å². The predicted molar refractivity (Wildman–Crippen MR) is 70.2 cm³/mol. The second-order valence-electron chi connectivity index (χ2n) is 4.57. The Morgan fingerprint density at radius 1 is 1.12 bits per heavy atom. The Kier molecular flexibility index (Phi) is 6.19. The number of aliphatic hydroxyl groups excluding tert-OH is 1. The van der Waals surface area contributed by atoms with Gasteiger partial charge in [0.15, 0.2) is 0 Å². The molecule has 3 heteroatoms. The SMILES string of the molecule is Cc1cc(C)cc(CN(C)CCOCCO)c1. The number of aliphatic hydroxyl groups is 1. The first kappa shape index (κ1) is 14.2. The first-order chi connectivity index (χ1) is 8.11. The lowest BCUT2D eigenvalue weighted by Gasteiger charge is -2.17. The van der Waals surface area contributed by atoms with E-state index in [1.807, 2.05) is 0 Å². The lowest BCUT2D eigenvalue weighted by molar-refractivity contribution is 0.0773. The highest BCUT2D eigenvalue weighted by molar-refractivity contribution is 5.28. The van der Waals surface area contributed by atoms with Gasteiger partial charge < -0.3 is 9.84 Å². The monoisotopic (exact) mass is 237 g/mol. The molecule has 0 aliphatic carbocycles. The molecule has 0 aromatic heterocycles. The smallest absolute Gasteiger partial charge is 0.0698 e. The fourth-order valence-electron chi connectivity index (χ4n) is 1.94. The van der Waals surface area contributed by atoms with Gasteiger partial charge >= 0.3 is 0 Å². The third-order valence-electron chi connectivity index (χ3n) is 2.59. The molecule has 0 aliphatic heterocycles. The van der Waals surface area contributed by atoms with E-state index >= 15 is 0 Å². The van der Waals surface area contributed by atoms with Gasteiger partial charge in [0.25, 0.3) is 0 Å². The number of aryl methyl sites for hydroxylation is 2. The van der Waals surface area contributed by atoms with Gasteiger partial charge in [-0.15, -0.1) is 0 Å². The minimum atomic E-state index is 0.0980. The van der Waals surface area contributed by atoms with Crippen LogP contribution in [0.25, 0.3) is 0 Å². The maximum atomic E-state index is 8.59. The molecule has 1 rings (SSSR count). The minimum absolute atomic E-state index is 0.0980. The third-order valence-corrected chi connectivity index (χ3v) is 2.59. The molecule has 0 saturated carbocycles. The van der Waals surface area contributed by atoms with E-state index in [9.17, 15) is 0 Å². The van der Waals surface area contributed by atoms with Crippen LogP contribution in [-0.2, 0) is 11.3 Å². The molecule has 0 fully saturated rings. The van der Waals surface area contributed by atoms with Gasteiger partial charge in [0, 0.05) is 13.1 Å². The van der Waals surface area contributed by atoms with E-state index in [0.29, 0.717) is 13.2 Å². The summed E-state index contributed by atoms with van der Waals surface area (Å²) in [6, 6.07) is 6.63. The summed E-state index contributed by atoms with van der Waals surface area (Å²) in [5, 5.41) is 8.59. The zero-order valence-electron chi connectivity index (χ0n) is 11.1. The Balaban J connectivity index is 2.36. The van der Waals surface area contributed by atoms with E-state index < -0.39 is 0 Å². The van der Waals surface area contributed by atoms with Crippen molar-refractivity contribution in [1.82, 2.24) is 4.90 Å². The van der Waals surface area contributed by atoms with Crippen LogP contribution in [0.2, 0.25) is 0 Å². The molecular weight excluding hydrogens is 214 g/mol. The summed E-state index contributed by atoms with van der Waals surface area (Å²) < 4.78 is 5.25. The summed E-state index contributed by atoms with van der Waals surface area (Å²) in [6.07, 6.45) is 0. The summed E-state index contributed by atoms with van der Waals surface area (Å²) in [4.78, 5) is 2.23. The van der Waals surface area contributed by atoms with E-state index in [2.05, 4.69) is 44.0 Å². The van der Waals surface area contributed by atoms with Gasteiger partial charge in [0.05, 0.1) is 19.8 Å². The molecule has 3 nitrogen and oxygen atoms in total. The Morgan fingerprint density at radius 2 is 1.76 bits per heavy atom. The Hall–Kier alpha value is -0.900. The zero-order valence-corrected chi connectivity index (χ0v) is 11.1. The number of hydrogen-bond donors (Lipinski definition) is 1. The number of nitrogens with zero attached hydrogens (tertiary/aromatic N) is 1. The van der Waals surface area contributed by atoms with Gasteiger partial charge in [-0.2, -0.15) is 0 Å². The van der Waals surface area contributed by atoms with E-state index in [1.54, 1.807) is 0 Å². The van der Waals surface area contributed by atoms with Gasteiger partial charge in [-0.05, 0) is 26.5 Å². The molecule has 0 unspecified atom stereocenters. The van der Waals surface area contributed by atoms with Crippen molar-refractivity contribution in [3.05, 3.63) is 34.9 Å². The van der Waals surface area contributed by atoms with E-state index in [0.717, 1.165) is 13.1 Å². The van der Waals surface area contributed by atoms with Gasteiger partial charge in [-0.1, -0.05) is 29.3 Å². The largest absolute Gasteiger partial charge is 0.394 e. The van der Waals surface area contributed by atoms with Gasteiger partial charge in [0.1, 0.15) is 0 Å². The highest BCUT2D eigenvalue weighted by Crippen LogP contribution is 2.10. The van der Waals surface area contributed by atoms with Gasteiger partial charge in [-0.3, -0.25) is 4.90 Å². The number of ether oxygens (including phenoxy) is 1. The van der Waals surface area contributed by atoms with Crippen LogP contribution < -0.4 is 0 Å². The normalized spacial score (nSPS) is 11.1. The molecule has 96 valence electrons. The third kappa shape index (κ3) is 5.82. The molecular formula is C14H23NO2. The molecule has 0 saturated heterocycles. The average molecular weight is 237 g/mol. The van der Waals surface area contributed by atoms with Crippen LogP contribution in [0.4, 0.5) is 0 Å². The maximum absolute atomic E-state index is 8.59. The zero-order chi connectivity index (χ0) is 12.7. The fourth-order valence-corrected chi connectivity index (χ4v) is 1.94. The molecule has 17 heavy (non-hydrogen) atoms. The van der Waals surface area contributed by atoms with Crippen molar-refractivity contribution in [3.63, 3.8) is 0 Å². The number of likely N-dealkylation sites (N-methyl/N-ethyl adjacent to an activating group) is 1. The fraction of sp³-hybridized carbons (Fsp3) is 0.571. The Labute approximate surface area is 104 Å². The first-order valence-electron chi connectivity index (χ1n) is 6.06. The molecule has 1 aromatic rings. The Morgan fingerprint density at radius 3 is 2.35 bits per heavy atom. The summed E-state index contributed by atoms with van der Waals surface area (Å²) in [6.45, 7) is 7.26. The first-order valence-corrected chi connectivity index (χ1v) is 6.06. The summed E-state index contributed by atoms with van der Waals surface area (Å²) in [5.74, 6) is 0. The lowest BCUT2D eigenvalue weighted by atomic mass is 10.1. The van der Waals surface area contributed by atoms with Crippen LogP contribution >= 0.6 is 0 Å². The quantitative estimate of drug-likeness (QED) is 0.733. The van der Waals surface area contributed by atoms with Crippen molar-refractivity contribution in [3.8, 4) is 0 Å². The Bertz CT molecular complexity index is 319. The van der Waals surface area contributed by atoms with E-state index in [4.69, 9.17) is 9.84 Å². The van der Waals surface area contributed by atoms with Crippen LogP contribution in [0.15, 0.2) is 18.2 Å². The number of benzene rings is 1.